The number of Topliss-reactive ketones (excluding diaryl/α,β-unsaturated/α-hetero) is 1. The van der Waals surface area contributed by atoms with Crippen LogP contribution in [0.5, 0.6) is 0 Å². The van der Waals surface area contributed by atoms with Crippen LogP contribution in [0.2, 0.25) is 0 Å². The first-order valence-corrected chi connectivity index (χ1v) is 11.8. The normalized spacial score (nSPS) is 39.4. The zero-order chi connectivity index (χ0) is 26.1. The Labute approximate surface area is 259 Å². The van der Waals surface area contributed by atoms with Crippen molar-refractivity contribution < 1.29 is 103 Å². The fourth-order valence-electron chi connectivity index (χ4n) is 7.31. The van der Waals surface area contributed by atoms with Gasteiger partial charge < -0.3 is 30.0 Å². The SMILES string of the molecule is C[C@H]1CC2C3C[C@H](F)C4=CC(=O)C=C[C@]4(C)C3=CC[C@]2(C)[C@@]1(O)C(=O)C(O)C(CC(=O)[O-])C(=O)[O-].[Na+].[Na+]. The largest absolute Gasteiger partial charge is 1.00 e. The molecular weight excluding hydrogens is 505 g/mol. The molecule has 4 aliphatic carbocycles. The number of aliphatic hydroxyl groups excluding tert-OH is 1. The Morgan fingerprint density at radius 2 is 1.78 bits per heavy atom. The van der Waals surface area contributed by atoms with Crippen LogP contribution in [0.15, 0.2) is 35.5 Å². The predicted octanol–water partition coefficient (Wildman–Crippen LogP) is -6.42. The number of carboxylic acid groups (broad SMARTS) is 2. The topological polar surface area (TPSA) is 155 Å². The van der Waals surface area contributed by atoms with Crippen LogP contribution in [0.1, 0.15) is 46.5 Å². The van der Waals surface area contributed by atoms with Crippen molar-refractivity contribution in [2.45, 2.75) is 64.3 Å². The Balaban J connectivity index is 0.00000241. The van der Waals surface area contributed by atoms with E-state index in [1.165, 1.54) is 12.2 Å². The van der Waals surface area contributed by atoms with E-state index in [2.05, 4.69) is 0 Å². The second kappa shape index (κ2) is 11.1. The molecule has 8 nitrogen and oxygen atoms in total. The van der Waals surface area contributed by atoms with Crippen molar-refractivity contribution in [3.63, 3.8) is 0 Å². The van der Waals surface area contributed by atoms with Gasteiger partial charge in [0.05, 0.1) is 0 Å². The molecule has 0 bridgehead atoms. The third kappa shape index (κ3) is 4.82. The van der Waals surface area contributed by atoms with Gasteiger partial charge in [-0.1, -0.05) is 31.6 Å². The Kier molecular flexibility index (Phi) is 9.75. The van der Waals surface area contributed by atoms with Crippen LogP contribution in [0, 0.1) is 34.5 Å². The first kappa shape index (κ1) is 32.6. The molecule has 0 aromatic rings. The summed E-state index contributed by atoms with van der Waals surface area (Å²) in [6.45, 7) is 5.13. The maximum atomic E-state index is 15.4. The van der Waals surface area contributed by atoms with Gasteiger partial charge in [-0.3, -0.25) is 9.59 Å². The molecule has 11 heteroatoms. The molecule has 0 aliphatic heterocycles. The molecule has 0 heterocycles. The smallest absolute Gasteiger partial charge is 0.550 e. The van der Waals surface area contributed by atoms with Crippen molar-refractivity contribution in [2.24, 2.45) is 34.5 Å². The molecule has 2 N–H and O–H groups in total. The van der Waals surface area contributed by atoms with Crippen molar-refractivity contribution in [1.82, 2.24) is 0 Å². The van der Waals surface area contributed by atoms with Crippen molar-refractivity contribution >= 4 is 23.5 Å². The van der Waals surface area contributed by atoms with Gasteiger partial charge in [-0.05, 0) is 68.1 Å². The second-order valence-corrected chi connectivity index (χ2v) is 10.9. The predicted molar refractivity (Wildman–Crippen MR) is 116 cm³/mol. The van der Waals surface area contributed by atoms with E-state index >= 15 is 4.39 Å². The zero-order valence-electron chi connectivity index (χ0n) is 21.8. The van der Waals surface area contributed by atoms with Crippen LogP contribution in [-0.2, 0) is 19.2 Å². The summed E-state index contributed by atoms with van der Waals surface area (Å²) in [6, 6.07) is 0. The minimum absolute atomic E-state index is 0. The number of carboxylic acids is 2. The van der Waals surface area contributed by atoms with Crippen LogP contribution in [-0.4, -0.2) is 51.6 Å². The van der Waals surface area contributed by atoms with Crippen LogP contribution in [0.25, 0.3) is 0 Å². The van der Waals surface area contributed by atoms with E-state index in [1.54, 1.807) is 19.9 Å². The minimum Gasteiger partial charge on any atom is -0.550 e. The number of carbonyl (C=O) groups is 4. The molecule has 9 atom stereocenters. The summed E-state index contributed by atoms with van der Waals surface area (Å²) < 4.78 is 15.4. The van der Waals surface area contributed by atoms with Crippen molar-refractivity contribution in [1.29, 1.82) is 0 Å². The molecule has 4 unspecified atom stereocenters. The standard InChI is InChI=1S/C26H31FO8.2Na/c1-12-8-17-14-10-19(27)18-9-13(28)4-6-24(18,2)16(14)5-7-25(17,3)26(12,35)22(32)21(31)15(23(33)34)11-20(29)30;;/h4-6,9,12,14-15,17,19,21,31,35H,7-8,10-11H2,1-3H3,(H,29,30)(H,33,34);;/q;2*+1/p-2/t12-,14?,15?,17?,19-,21?,24+,25-,26-;;/m0../s1. The summed E-state index contributed by atoms with van der Waals surface area (Å²) in [5.74, 6) is -8.69. The van der Waals surface area contributed by atoms with E-state index in [9.17, 15) is 39.6 Å². The van der Waals surface area contributed by atoms with E-state index in [4.69, 9.17) is 0 Å². The molecule has 0 aromatic carbocycles. The molecule has 37 heavy (non-hydrogen) atoms. The molecule has 4 aliphatic rings. The number of halogens is 1. The van der Waals surface area contributed by atoms with Gasteiger partial charge >= 0.3 is 59.1 Å². The third-order valence-electron chi connectivity index (χ3n) is 9.23. The van der Waals surface area contributed by atoms with Gasteiger partial charge in [0.2, 0.25) is 0 Å². The van der Waals surface area contributed by atoms with Crippen LogP contribution >= 0.6 is 0 Å². The maximum absolute atomic E-state index is 15.4. The summed E-state index contributed by atoms with van der Waals surface area (Å²) in [6.07, 6.45) is 2.03. The monoisotopic (exact) mass is 534 g/mol. The molecule has 4 rings (SSSR count). The average molecular weight is 534 g/mol. The second-order valence-electron chi connectivity index (χ2n) is 10.9. The molecule has 0 spiro atoms. The minimum atomic E-state index is -2.31. The summed E-state index contributed by atoms with van der Waals surface area (Å²) in [5.41, 5.74) is -2.84. The number of hydrogen-bond acceptors (Lipinski definition) is 8. The number of carbonyl (C=O) groups excluding carboxylic acids is 4. The molecule has 2 saturated carbocycles. The summed E-state index contributed by atoms with van der Waals surface area (Å²) in [5, 5.41) is 44.9. The molecular formula is C26H29FNa2O8. The van der Waals surface area contributed by atoms with E-state index in [1.807, 2.05) is 13.0 Å². The number of fused-ring (bicyclic) bond motifs is 5. The fraction of sp³-hybridized carbons (Fsp3) is 0.615. The van der Waals surface area contributed by atoms with Gasteiger partial charge in [0.25, 0.3) is 0 Å². The van der Waals surface area contributed by atoms with Gasteiger partial charge in [0, 0.05) is 28.7 Å². The van der Waals surface area contributed by atoms with Crippen LogP contribution < -0.4 is 69.3 Å². The molecule has 0 saturated heterocycles. The Bertz CT molecular complexity index is 1100. The number of ketones is 2. The summed E-state index contributed by atoms with van der Waals surface area (Å²) in [7, 11) is 0. The third-order valence-corrected chi connectivity index (χ3v) is 9.23. The van der Waals surface area contributed by atoms with Crippen molar-refractivity contribution in [3.8, 4) is 0 Å². The first-order chi connectivity index (χ1) is 16.2. The Hall–Kier alpha value is -0.650. The Morgan fingerprint density at radius 1 is 1.16 bits per heavy atom. The molecule has 0 amide bonds. The Morgan fingerprint density at radius 3 is 2.35 bits per heavy atom. The van der Waals surface area contributed by atoms with Gasteiger partial charge in [-0.2, -0.15) is 0 Å². The van der Waals surface area contributed by atoms with Gasteiger partial charge in [0.15, 0.2) is 11.6 Å². The fourth-order valence-corrected chi connectivity index (χ4v) is 7.31. The van der Waals surface area contributed by atoms with Crippen molar-refractivity contribution in [2.75, 3.05) is 0 Å². The molecule has 2 fully saturated rings. The van der Waals surface area contributed by atoms with E-state index in [0.29, 0.717) is 12.0 Å². The van der Waals surface area contributed by atoms with Crippen LogP contribution in [0.3, 0.4) is 0 Å². The van der Waals surface area contributed by atoms with Crippen molar-refractivity contribution in [3.05, 3.63) is 35.5 Å². The number of hydrogen-bond donors (Lipinski definition) is 2. The quantitative estimate of drug-likeness (QED) is 0.252. The van der Waals surface area contributed by atoms with Gasteiger partial charge in [-0.15, -0.1) is 0 Å². The summed E-state index contributed by atoms with van der Waals surface area (Å²) >= 11 is 0. The van der Waals surface area contributed by atoms with E-state index in [0.717, 1.165) is 5.57 Å². The van der Waals surface area contributed by atoms with E-state index < -0.39 is 64.7 Å². The molecule has 190 valence electrons. The maximum Gasteiger partial charge on any atom is 1.00 e. The zero-order valence-corrected chi connectivity index (χ0v) is 25.8. The summed E-state index contributed by atoms with van der Waals surface area (Å²) in [4.78, 5) is 47.8. The average Bonchev–Trinajstić information content (AvgIpc) is 2.99. The van der Waals surface area contributed by atoms with E-state index in [-0.39, 0.29) is 89.6 Å². The number of aliphatic carboxylic acids is 2. The van der Waals surface area contributed by atoms with Gasteiger partial charge in [-0.25, -0.2) is 4.39 Å². The van der Waals surface area contributed by atoms with Crippen LogP contribution in [0.4, 0.5) is 4.39 Å². The molecule has 0 aromatic heterocycles. The number of rotatable bonds is 6. The number of allylic oxidation sites excluding steroid dienone is 6. The molecule has 0 radical (unpaired) electrons. The number of aliphatic hydroxyl groups is 2. The van der Waals surface area contributed by atoms with Gasteiger partial charge in [0.1, 0.15) is 17.9 Å². The number of alkyl halides is 1. The first-order valence-electron chi connectivity index (χ1n) is 11.8.